The van der Waals surface area contributed by atoms with E-state index in [1.807, 2.05) is 6.92 Å². The van der Waals surface area contributed by atoms with Crippen LogP contribution in [0.1, 0.15) is 26.3 Å². The molecule has 1 amide bonds. The van der Waals surface area contributed by atoms with Gasteiger partial charge in [0.1, 0.15) is 11.6 Å². The molecule has 154 valence electrons. The first-order valence-corrected chi connectivity index (χ1v) is 9.77. The first kappa shape index (κ1) is 20.8. The molecule has 1 heterocycles. The van der Waals surface area contributed by atoms with Crippen LogP contribution in [-0.4, -0.2) is 36.5 Å². The summed E-state index contributed by atoms with van der Waals surface area (Å²) >= 11 is 0. The van der Waals surface area contributed by atoms with Crippen molar-refractivity contribution in [2.75, 3.05) is 35.6 Å². The lowest BCUT2D eigenvalue weighted by molar-refractivity contribution is -0.110. The van der Waals surface area contributed by atoms with Gasteiger partial charge in [0.25, 0.3) is 5.91 Å². The second-order valence-corrected chi connectivity index (χ2v) is 7.07. The first-order valence-electron chi connectivity index (χ1n) is 9.77. The zero-order chi connectivity index (χ0) is 21.0. The van der Waals surface area contributed by atoms with Gasteiger partial charge in [-0.05, 0) is 56.4 Å². The van der Waals surface area contributed by atoms with E-state index in [0.717, 1.165) is 19.6 Å². The molecule has 0 saturated heterocycles. The highest BCUT2D eigenvalue weighted by Gasteiger charge is 2.24. The fraction of sp³-hybridized carbons (Fsp3) is 0.318. The molecule has 0 fully saturated rings. The van der Waals surface area contributed by atoms with Gasteiger partial charge in [0, 0.05) is 35.7 Å². The number of carbonyl (C=O) groups excluding carboxylic acids is 1. The number of anilines is 3. The van der Waals surface area contributed by atoms with Gasteiger partial charge < -0.3 is 20.9 Å². The molecule has 5 nitrogen and oxygen atoms in total. The second-order valence-electron chi connectivity index (χ2n) is 7.07. The summed E-state index contributed by atoms with van der Waals surface area (Å²) in [4.78, 5) is 14.4. The third-order valence-corrected chi connectivity index (χ3v) is 4.95. The number of nitrogens with one attached hydrogen (secondary N) is 3. The number of hydrogen-bond acceptors (Lipinski definition) is 4. The summed E-state index contributed by atoms with van der Waals surface area (Å²) < 4.78 is 28.0. The fourth-order valence-corrected chi connectivity index (χ4v) is 3.36. The molecule has 0 bridgehead atoms. The molecule has 0 aromatic heterocycles. The van der Waals surface area contributed by atoms with E-state index in [-0.39, 0.29) is 17.8 Å². The van der Waals surface area contributed by atoms with E-state index in [4.69, 9.17) is 0 Å². The van der Waals surface area contributed by atoms with Gasteiger partial charge in [0.15, 0.2) is 0 Å². The van der Waals surface area contributed by atoms with Crippen LogP contribution in [0.3, 0.4) is 0 Å². The molecule has 1 aliphatic heterocycles. The molecule has 29 heavy (non-hydrogen) atoms. The van der Waals surface area contributed by atoms with Crippen LogP contribution in [0.15, 0.2) is 42.6 Å². The van der Waals surface area contributed by atoms with Gasteiger partial charge in [0.2, 0.25) is 0 Å². The molecule has 2 aromatic rings. The lowest BCUT2D eigenvalue weighted by atomic mass is 10.1. The van der Waals surface area contributed by atoms with Crippen LogP contribution in [0.4, 0.5) is 25.8 Å². The van der Waals surface area contributed by atoms with Crippen LogP contribution in [0.2, 0.25) is 0 Å². The lowest BCUT2D eigenvalue weighted by Crippen LogP contribution is -2.34. The minimum Gasteiger partial charge on any atom is -0.379 e. The van der Waals surface area contributed by atoms with Gasteiger partial charge in [-0.3, -0.25) is 4.79 Å². The summed E-state index contributed by atoms with van der Waals surface area (Å²) in [5.41, 5.74) is 2.25. The molecule has 1 unspecified atom stereocenters. The number of amides is 1. The Balaban J connectivity index is 1.69. The van der Waals surface area contributed by atoms with Crippen LogP contribution in [0.5, 0.6) is 0 Å². The molecule has 0 radical (unpaired) electrons. The van der Waals surface area contributed by atoms with Crippen molar-refractivity contribution in [2.24, 2.45) is 0 Å². The van der Waals surface area contributed by atoms with Gasteiger partial charge in [0.05, 0.1) is 11.3 Å². The van der Waals surface area contributed by atoms with E-state index in [9.17, 15) is 13.6 Å². The summed E-state index contributed by atoms with van der Waals surface area (Å²) in [6.45, 7) is 8.94. The Morgan fingerprint density at radius 1 is 1.14 bits per heavy atom. The Morgan fingerprint density at radius 2 is 1.90 bits per heavy atom. The molecule has 1 atom stereocenters. The number of nitrogens with zero attached hydrogens (tertiary/aromatic N) is 1. The molecular weight excluding hydrogens is 374 g/mol. The molecule has 0 aliphatic carbocycles. The number of hydrogen-bond donors (Lipinski definition) is 3. The van der Waals surface area contributed by atoms with Crippen molar-refractivity contribution in [3.8, 4) is 0 Å². The summed E-state index contributed by atoms with van der Waals surface area (Å²) in [6.07, 6.45) is 1.46. The van der Waals surface area contributed by atoms with E-state index < -0.39 is 5.82 Å². The third-order valence-electron chi connectivity index (χ3n) is 4.95. The molecule has 2 aromatic carbocycles. The van der Waals surface area contributed by atoms with Crippen LogP contribution >= 0.6 is 0 Å². The van der Waals surface area contributed by atoms with Crippen LogP contribution < -0.4 is 16.0 Å². The topological polar surface area (TPSA) is 56.4 Å². The van der Waals surface area contributed by atoms with Crippen molar-refractivity contribution in [3.05, 3.63) is 59.8 Å². The summed E-state index contributed by atoms with van der Waals surface area (Å²) in [5.74, 6) is -1.14. The maximum Gasteiger partial charge on any atom is 0.257 e. The molecule has 0 saturated carbocycles. The quantitative estimate of drug-likeness (QED) is 0.571. The van der Waals surface area contributed by atoms with Gasteiger partial charge >= 0.3 is 0 Å². The van der Waals surface area contributed by atoms with Crippen molar-refractivity contribution in [1.29, 1.82) is 0 Å². The zero-order valence-corrected chi connectivity index (χ0v) is 16.9. The van der Waals surface area contributed by atoms with E-state index in [1.165, 1.54) is 30.5 Å². The Bertz CT molecular complexity index is 925. The van der Waals surface area contributed by atoms with E-state index in [0.29, 0.717) is 28.2 Å². The SMILES string of the molecule is CCN(CC)CC(C)Nc1ccc(NC=C2C(=O)Nc3ccc(F)cc32)cc1F. The molecule has 3 rings (SSSR count). The Morgan fingerprint density at radius 3 is 2.59 bits per heavy atom. The smallest absolute Gasteiger partial charge is 0.257 e. The Labute approximate surface area is 169 Å². The van der Waals surface area contributed by atoms with Crippen LogP contribution in [-0.2, 0) is 4.79 Å². The molecule has 1 aliphatic rings. The van der Waals surface area contributed by atoms with Gasteiger partial charge in [-0.2, -0.15) is 0 Å². The average Bonchev–Trinajstić information content (AvgIpc) is 3.00. The Hall–Kier alpha value is -2.93. The molecular formula is C22H26F2N4O. The highest BCUT2D eigenvalue weighted by Crippen LogP contribution is 2.32. The number of likely N-dealkylation sites (N-methyl/N-ethyl adjacent to an activating group) is 1. The van der Waals surface area contributed by atoms with Gasteiger partial charge in [-0.25, -0.2) is 8.78 Å². The Kier molecular flexibility index (Phi) is 6.49. The van der Waals surface area contributed by atoms with Gasteiger partial charge in [-0.1, -0.05) is 13.8 Å². The molecule has 7 heteroatoms. The zero-order valence-electron chi connectivity index (χ0n) is 16.9. The van der Waals surface area contributed by atoms with Crippen molar-refractivity contribution in [3.63, 3.8) is 0 Å². The average molecular weight is 400 g/mol. The maximum absolute atomic E-state index is 14.5. The summed E-state index contributed by atoms with van der Waals surface area (Å²) in [7, 11) is 0. The van der Waals surface area contributed by atoms with Gasteiger partial charge in [-0.15, -0.1) is 0 Å². The lowest BCUT2D eigenvalue weighted by Gasteiger charge is -2.24. The molecule has 0 spiro atoms. The van der Waals surface area contributed by atoms with Crippen LogP contribution in [0.25, 0.3) is 5.57 Å². The highest BCUT2D eigenvalue weighted by molar-refractivity contribution is 6.31. The number of fused-ring (bicyclic) bond motifs is 1. The standard InChI is InChI=1S/C22H26F2N4O/c1-4-28(5-2)13-14(3)26-21-9-7-16(11-19(21)24)25-12-18-17-10-15(23)6-8-20(17)27-22(18)29/h6-12,14,25-26H,4-5,13H2,1-3H3,(H,27,29). The summed E-state index contributed by atoms with van der Waals surface area (Å²) in [6, 6.07) is 8.96. The predicted octanol–water partition coefficient (Wildman–Crippen LogP) is 4.51. The second kappa shape index (κ2) is 9.05. The number of carbonyl (C=O) groups is 1. The van der Waals surface area contributed by atoms with Crippen molar-refractivity contribution < 1.29 is 13.6 Å². The molecule has 3 N–H and O–H groups in total. The predicted molar refractivity (Wildman–Crippen MR) is 114 cm³/mol. The van der Waals surface area contributed by atoms with Crippen molar-refractivity contribution in [2.45, 2.75) is 26.8 Å². The van der Waals surface area contributed by atoms with Crippen molar-refractivity contribution in [1.82, 2.24) is 4.90 Å². The first-order chi connectivity index (χ1) is 13.9. The van der Waals surface area contributed by atoms with Crippen molar-refractivity contribution >= 4 is 28.5 Å². The monoisotopic (exact) mass is 400 g/mol. The van der Waals surface area contributed by atoms with Crippen LogP contribution in [0, 0.1) is 11.6 Å². The van der Waals surface area contributed by atoms with E-state index >= 15 is 0 Å². The minimum absolute atomic E-state index is 0.0962. The van der Waals surface area contributed by atoms with E-state index in [1.54, 1.807) is 12.1 Å². The van der Waals surface area contributed by atoms with E-state index in [2.05, 4.69) is 34.7 Å². The number of rotatable bonds is 8. The maximum atomic E-state index is 14.5. The fourth-order valence-electron chi connectivity index (χ4n) is 3.36. The normalized spacial score (nSPS) is 15.4. The summed E-state index contributed by atoms with van der Waals surface area (Å²) in [5, 5.41) is 8.80. The number of halogens is 2. The largest absolute Gasteiger partial charge is 0.379 e. The minimum atomic E-state index is -0.425. The highest BCUT2D eigenvalue weighted by atomic mass is 19.1. The third kappa shape index (κ3) is 4.92. The number of benzene rings is 2.